The molecule has 37 heavy (non-hydrogen) atoms. The highest BCUT2D eigenvalue weighted by molar-refractivity contribution is 7.91. The Hall–Kier alpha value is -2.82. The Labute approximate surface area is 224 Å². The molecule has 2 aliphatic heterocycles. The number of aliphatic hydroxyl groups is 1. The molecule has 2 aromatic heterocycles. The number of carbonyl (C=O) groups is 1. The van der Waals surface area contributed by atoms with E-state index in [9.17, 15) is 18.3 Å². The van der Waals surface area contributed by atoms with Gasteiger partial charge in [0.25, 0.3) is 15.9 Å². The number of piperazine rings is 1. The molecule has 10 heteroatoms. The van der Waals surface area contributed by atoms with Crippen LogP contribution >= 0.6 is 22.9 Å². The lowest BCUT2D eigenvalue weighted by Gasteiger charge is -2.50. The Morgan fingerprint density at radius 2 is 1.59 bits per heavy atom. The molecule has 0 spiro atoms. The third-order valence-corrected chi connectivity index (χ3v) is 10.8. The van der Waals surface area contributed by atoms with Gasteiger partial charge in [0.2, 0.25) is 0 Å². The summed E-state index contributed by atoms with van der Waals surface area (Å²) in [6.45, 7) is 0.289. The van der Waals surface area contributed by atoms with E-state index in [1.807, 2.05) is 30.3 Å². The highest BCUT2D eigenvalue weighted by Crippen LogP contribution is 2.37. The van der Waals surface area contributed by atoms with E-state index in [2.05, 4.69) is 4.98 Å². The van der Waals surface area contributed by atoms with Crippen molar-refractivity contribution in [1.82, 2.24) is 14.2 Å². The largest absolute Gasteiger partial charge is 0.393 e. The molecule has 2 saturated heterocycles. The summed E-state index contributed by atoms with van der Waals surface area (Å²) in [5.74, 6) is -0.142. The first-order chi connectivity index (χ1) is 17.8. The van der Waals surface area contributed by atoms with Crippen LogP contribution in [0.3, 0.4) is 0 Å². The van der Waals surface area contributed by atoms with Crippen molar-refractivity contribution in [3.63, 3.8) is 0 Å². The van der Waals surface area contributed by atoms with Gasteiger partial charge in [0, 0.05) is 52.9 Å². The monoisotopic (exact) mass is 553 g/mol. The average Bonchev–Trinajstić information content (AvgIpc) is 3.32. The van der Waals surface area contributed by atoms with Crippen LogP contribution < -0.4 is 0 Å². The second-order valence-electron chi connectivity index (χ2n) is 9.53. The van der Waals surface area contributed by atoms with Gasteiger partial charge < -0.3 is 10.0 Å². The summed E-state index contributed by atoms with van der Waals surface area (Å²) in [5, 5.41) is 11.8. The van der Waals surface area contributed by atoms with Gasteiger partial charge in [-0.3, -0.25) is 9.78 Å². The number of nitrogens with zero attached hydrogens (tertiary/aromatic N) is 3. The van der Waals surface area contributed by atoms with Gasteiger partial charge in [0.05, 0.1) is 6.10 Å². The van der Waals surface area contributed by atoms with E-state index in [-0.39, 0.29) is 23.2 Å². The van der Waals surface area contributed by atoms with Crippen LogP contribution in [0.5, 0.6) is 0 Å². The number of amides is 1. The highest BCUT2D eigenvalue weighted by atomic mass is 35.5. The fourth-order valence-electron chi connectivity index (χ4n) is 5.38. The molecule has 190 valence electrons. The smallest absolute Gasteiger partial charge is 0.254 e. The topological polar surface area (TPSA) is 90.8 Å². The molecule has 2 bridgehead atoms. The molecule has 2 fully saturated rings. The van der Waals surface area contributed by atoms with Crippen molar-refractivity contribution in [3.8, 4) is 11.1 Å². The van der Waals surface area contributed by atoms with E-state index in [0.29, 0.717) is 23.4 Å². The SMILES string of the molecule is O=C(c1ccc(-c2ccncc2)cc1)N1C2CC(O)CC1CN(S(=O)(=O)c1cc3ccc(Cl)cc3s1)C2. The number of hydrogen-bond donors (Lipinski definition) is 1. The van der Waals surface area contributed by atoms with Crippen molar-refractivity contribution in [2.24, 2.45) is 0 Å². The second kappa shape index (κ2) is 9.49. The van der Waals surface area contributed by atoms with Gasteiger partial charge in [0.1, 0.15) is 4.21 Å². The summed E-state index contributed by atoms with van der Waals surface area (Å²) in [4.78, 5) is 19.4. The van der Waals surface area contributed by atoms with Gasteiger partial charge in [-0.05, 0) is 71.8 Å². The maximum atomic E-state index is 13.6. The quantitative estimate of drug-likeness (QED) is 0.397. The van der Waals surface area contributed by atoms with E-state index in [1.165, 1.54) is 15.6 Å². The summed E-state index contributed by atoms with van der Waals surface area (Å²) in [5.41, 5.74) is 2.54. The van der Waals surface area contributed by atoms with E-state index in [0.717, 1.165) is 21.2 Å². The third kappa shape index (κ3) is 4.55. The molecule has 0 radical (unpaired) electrons. The molecule has 4 heterocycles. The maximum Gasteiger partial charge on any atom is 0.254 e. The molecular weight excluding hydrogens is 530 g/mol. The fourth-order valence-corrected chi connectivity index (χ4v) is 8.72. The first-order valence-electron chi connectivity index (χ1n) is 12.0. The van der Waals surface area contributed by atoms with Gasteiger partial charge in [-0.2, -0.15) is 4.31 Å². The number of sulfonamides is 1. The number of carbonyl (C=O) groups excluding carboxylic acids is 1. The zero-order valence-corrected chi connectivity index (χ0v) is 22.1. The second-order valence-corrected chi connectivity index (χ2v) is 13.2. The molecule has 4 aromatic rings. The Morgan fingerprint density at radius 1 is 0.946 bits per heavy atom. The number of piperidine rings is 1. The number of pyridine rings is 1. The van der Waals surface area contributed by atoms with Crippen LogP contribution in [0.2, 0.25) is 5.02 Å². The molecule has 2 atom stereocenters. The zero-order chi connectivity index (χ0) is 25.7. The minimum absolute atomic E-state index is 0.142. The van der Waals surface area contributed by atoms with Crippen LogP contribution in [0.25, 0.3) is 21.2 Å². The molecule has 2 unspecified atom stereocenters. The number of benzene rings is 2. The third-order valence-electron chi connectivity index (χ3n) is 7.14. The molecule has 0 aliphatic carbocycles. The first kappa shape index (κ1) is 24.5. The Morgan fingerprint density at radius 3 is 2.27 bits per heavy atom. The Balaban J connectivity index is 1.25. The van der Waals surface area contributed by atoms with E-state index < -0.39 is 28.2 Å². The van der Waals surface area contributed by atoms with Gasteiger partial charge >= 0.3 is 0 Å². The summed E-state index contributed by atoms with van der Waals surface area (Å²) in [6, 6.07) is 17.4. The summed E-state index contributed by atoms with van der Waals surface area (Å²) < 4.78 is 29.8. The van der Waals surface area contributed by atoms with Gasteiger partial charge in [-0.15, -0.1) is 11.3 Å². The minimum Gasteiger partial charge on any atom is -0.393 e. The van der Waals surface area contributed by atoms with Gasteiger partial charge in [-0.1, -0.05) is 29.8 Å². The zero-order valence-electron chi connectivity index (χ0n) is 19.7. The molecule has 0 saturated carbocycles. The molecule has 2 aromatic carbocycles. The average molecular weight is 554 g/mol. The molecule has 1 N–H and O–H groups in total. The molecular formula is C27H24ClN3O4S2. The van der Waals surface area contributed by atoms with Crippen molar-refractivity contribution in [3.05, 3.63) is 83.6 Å². The predicted octanol–water partition coefficient (Wildman–Crippen LogP) is 4.66. The van der Waals surface area contributed by atoms with Crippen LogP contribution in [0.4, 0.5) is 0 Å². The Bertz CT molecular complexity index is 1560. The van der Waals surface area contributed by atoms with E-state index >= 15 is 0 Å². The highest BCUT2D eigenvalue weighted by Gasteiger charge is 2.46. The van der Waals surface area contributed by atoms with Crippen molar-refractivity contribution >= 4 is 49.0 Å². The van der Waals surface area contributed by atoms with E-state index in [1.54, 1.807) is 47.6 Å². The lowest BCUT2D eigenvalue weighted by Crippen LogP contribution is -2.65. The molecule has 7 nitrogen and oxygen atoms in total. The van der Waals surface area contributed by atoms with Crippen LogP contribution in [0.1, 0.15) is 23.2 Å². The van der Waals surface area contributed by atoms with Crippen molar-refractivity contribution in [1.29, 1.82) is 0 Å². The van der Waals surface area contributed by atoms with Crippen LogP contribution in [0.15, 0.2) is 77.3 Å². The Kier molecular flexibility index (Phi) is 6.29. The van der Waals surface area contributed by atoms with Gasteiger partial charge in [0.15, 0.2) is 0 Å². The van der Waals surface area contributed by atoms with Gasteiger partial charge in [-0.25, -0.2) is 8.42 Å². The molecule has 2 aliphatic rings. The number of thiophene rings is 1. The number of rotatable bonds is 4. The summed E-state index contributed by atoms with van der Waals surface area (Å²) in [6.07, 6.45) is 3.56. The standard InChI is InChI=1S/C27H24ClN3O4S2/c28-21-6-5-20-11-26(36-25(20)12-21)37(34,35)30-15-22-13-24(32)14-23(16-30)31(22)27(33)19-3-1-17(2-4-19)18-7-9-29-10-8-18/h1-12,22-24,32H,13-16H2. The first-order valence-corrected chi connectivity index (χ1v) is 14.6. The predicted molar refractivity (Wildman–Crippen MR) is 144 cm³/mol. The minimum atomic E-state index is -3.76. The fraction of sp³-hybridized carbons (Fsp3) is 0.259. The number of hydrogen-bond acceptors (Lipinski definition) is 6. The normalized spacial score (nSPS) is 22.3. The summed E-state index contributed by atoms with van der Waals surface area (Å²) in [7, 11) is -3.76. The number of fused-ring (bicyclic) bond motifs is 3. The van der Waals surface area contributed by atoms with Crippen molar-refractivity contribution < 1.29 is 18.3 Å². The molecule has 1 amide bonds. The molecule has 6 rings (SSSR count). The van der Waals surface area contributed by atoms with E-state index in [4.69, 9.17) is 11.6 Å². The maximum absolute atomic E-state index is 13.6. The van der Waals surface area contributed by atoms with Crippen LogP contribution in [-0.2, 0) is 10.0 Å². The number of aromatic nitrogens is 1. The van der Waals surface area contributed by atoms with Crippen molar-refractivity contribution in [2.45, 2.75) is 35.2 Å². The number of aliphatic hydroxyl groups excluding tert-OH is 1. The van der Waals surface area contributed by atoms with Crippen LogP contribution in [0, 0.1) is 0 Å². The summed E-state index contributed by atoms with van der Waals surface area (Å²) >= 11 is 7.28. The van der Waals surface area contributed by atoms with Crippen molar-refractivity contribution in [2.75, 3.05) is 13.1 Å². The van der Waals surface area contributed by atoms with Crippen LogP contribution in [-0.4, -0.2) is 64.9 Å². The lowest BCUT2D eigenvalue weighted by atomic mass is 9.89. The number of halogens is 1. The lowest BCUT2D eigenvalue weighted by molar-refractivity contribution is -0.0246.